The van der Waals surface area contributed by atoms with Gasteiger partial charge < -0.3 is 15.0 Å². The molecule has 20 heavy (non-hydrogen) atoms. The van der Waals surface area contributed by atoms with Gasteiger partial charge in [0.2, 0.25) is 0 Å². The Morgan fingerprint density at radius 1 is 0.800 bits per heavy atom. The van der Waals surface area contributed by atoms with E-state index in [2.05, 4.69) is 36.0 Å². The molecule has 0 fully saturated rings. The lowest BCUT2D eigenvalue weighted by atomic mass is 10.1. The largest absolute Gasteiger partial charge is 0.348 e. The van der Waals surface area contributed by atoms with Crippen molar-refractivity contribution in [2.45, 2.75) is 19.3 Å². The van der Waals surface area contributed by atoms with Crippen LogP contribution in [0.1, 0.15) is 17.5 Å². The quantitative estimate of drug-likeness (QED) is 0.596. The molecule has 0 bridgehead atoms. The Balaban J connectivity index is 1.73. The van der Waals surface area contributed by atoms with Crippen LogP contribution in [0.2, 0.25) is 0 Å². The van der Waals surface area contributed by atoms with Crippen molar-refractivity contribution in [3.8, 4) is 0 Å². The van der Waals surface area contributed by atoms with Crippen molar-refractivity contribution in [1.82, 2.24) is 29.9 Å². The van der Waals surface area contributed by atoms with Gasteiger partial charge in [-0.3, -0.25) is 0 Å². The molecule has 3 aromatic rings. The zero-order valence-corrected chi connectivity index (χ0v) is 11.0. The fraction of sp³-hybridized carbons (Fsp3) is 0.214. The van der Waals surface area contributed by atoms with Gasteiger partial charge in [-0.2, -0.15) is 0 Å². The average molecular weight is 268 g/mol. The maximum atomic E-state index is 4.28. The van der Waals surface area contributed by atoms with Gasteiger partial charge in [0.25, 0.3) is 0 Å². The van der Waals surface area contributed by atoms with Crippen LogP contribution in [0.25, 0.3) is 0 Å². The van der Waals surface area contributed by atoms with Crippen molar-refractivity contribution in [2.75, 3.05) is 0 Å². The van der Waals surface area contributed by atoms with E-state index in [-0.39, 0.29) is 0 Å². The van der Waals surface area contributed by atoms with Crippen LogP contribution < -0.4 is 0 Å². The van der Waals surface area contributed by atoms with E-state index in [1.807, 2.05) is 18.6 Å². The van der Waals surface area contributed by atoms with E-state index in [0.717, 1.165) is 36.7 Å². The highest BCUT2D eigenvalue weighted by Gasteiger charge is 2.05. The van der Waals surface area contributed by atoms with Gasteiger partial charge in [-0.25, -0.2) is 15.0 Å². The summed E-state index contributed by atoms with van der Waals surface area (Å²) in [6.07, 6.45) is 15.4. The molecule has 0 radical (unpaired) electrons. The highest BCUT2D eigenvalue weighted by molar-refractivity contribution is 5.16. The first-order chi connectivity index (χ1) is 9.90. The zero-order valence-electron chi connectivity index (χ0n) is 11.0. The van der Waals surface area contributed by atoms with Gasteiger partial charge in [-0.1, -0.05) is 11.6 Å². The molecule has 6 heteroatoms. The molecule has 0 unspecified atom stereocenters. The maximum Gasteiger partial charge on any atom is 0.110 e. The summed E-state index contributed by atoms with van der Waals surface area (Å²) in [5, 5.41) is 0. The SMILES string of the molecule is C(Cc1ncc[nH]1)=C(Cc1ncc[nH]1)Cc1ncc[nH]1. The van der Waals surface area contributed by atoms with E-state index in [9.17, 15) is 0 Å². The Kier molecular flexibility index (Phi) is 3.73. The molecule has 6 nitrogen and oxygen atoms in total. The first-order valence-corrected chi connectivity index (χ1v) is 6.53. The van der Waals surface area contributed by atoms with Crippen LogP contribution in [0.15, 0.2) is 48.8 Å². The second-order valence-corrected chi connectivity index (χ2v) is 4.53. The molecule has 0 aliphatic rings. The minimum atomic E-state index is 0.781. The Morgan fingerprint density at radius 2 is 1.30 bits per heavy atom. The van der Waals surface area contributed by atoms with Crippen LogP contribution in [-0.4, -0.2) is 29.9 Å². The van der Waals surface area contributed by atoms with E-state index in [1.54, 1.807) is 18.6 Å². The highest BCUT2D eigenvalue weighted by Crippen LogP contribution is 2.10. The van der Waals surface area contributed by atoms with Crippen LogP contribution in [0.3, 0.4) is 0 Å². The van der Waals surface area contributed by atoms with Gasteiger partial charge >= 0.3 is 0 Å². The first-order valence-electron chi connectivity index (χ1n) is 6.53. The molecule has 0 amide bonds. The smallest absolute Gasteiger partial charge is 0.110 e. The molecule has 0 aliphatic carbocycles. The van der Waals surface area contributed by atoms with Crippen LogP contribution in [0.4, 0.5) is 0 Å². The highest BCUT2D eigenvalue weighted by atomic mass is 14.9. The Labute approximate surface area is 116 Å². The zero-order chi connectivity index (χ0) is 13.6. The topological polar surface area (TPSA) is 86.0 Å². The van der Waals surface area contributed by atoms with Gasteiger partial charge in [0.15, 0.2) is 0 Å². The first kappa shape index (κ1) is 12.4. The number of H-pyrrole nitrogens is 3. The summed E-state index contributed by atoms with van der Waals surface area (Å²) in [6.45, 7) is 0. The number of allylic oxidation sites excluding steroid dienone is 2. The number of rotatable bonds is 6. The Hall–Kier alpha value is -2.63. The number of nitrogens with zero attached hydrogens (tertiary/aromatic N) is 3. The van der Waals surface area contributed by atoms with Crippen molar-refractivity contribution >= 4 is 0 Å². The third-order valence-electron chi connectivity index (χ3n) is 3.04. The van der Waals surface area contributed by atoms with E-state index < -0.39 is 0 Å². The van der Waals surface area contributed by atoms with Crippen LogP contribution in [0.5, 0.6) is 0 Å². The summed E-state index contributed by atoms with van der Waals surface area (Å²) in [7, 11) is 0. The van der Waals surface area contributed by atoms with Crippen molar-refractivity contribution in [2.24, 2.45) is 0 Å². The lowest BCUT2D eigenvalue weighted by Crippen LogP contribution is -2.00. The van der Waals surface area contributed by atoms with Gasteiger partial charge in [0.05, 0.1) is 0 Å². The molecule has 0 saturated carbocycles. The number of hydrogen-bond donors (Lipinski definition) is 3. The lowest BCUT2D eigenvalue weighted by Gasteiger charge is -2.04. The van der Waals surface area contributed by atoms with E-state index >= 15 is 0 Å². The summed E-state index contributed by atoms with van der Waals surface area (Å²) in [5.41, 5.74) is 1.26. The molecular formula is C14H16N6. The summed E-state index contributed by atoms with van der Waals surface area (Å²) in [4.78, 5) is 22.2. The van der Waals surface area contributed by atoms with Gasteiger partial charge in [-0.05, 0) is 0 Å². The standard InChI is InChI=1S/C14H16N6/c1(2-12-15-3-4-16-12)11(9-13-17-5-6-18-13)10-14-19-7-8-20-14/h1,3-8H,2,9-10H2,(H,15,16)(H,17,18)(H,19,20). The Morgan fingerprint density at radius 3 is 1.75 bits per heavy atom. The van der Waals surface area contributed by atoms with E-state index in [4.69, 9.17) is 0 Å². The fourth-order valence-corrected chi connectivity index (χ4v) is 2.08. The number of hydrogen-bond acceptors (Lipinski definition) is 3. The van der Waals surface area contributed by atoms with Gasteiger partial charge in [0.1, 0.15) is 17.5 Å². The summed E-state index contributed by atoms with van der Waals surface area (Å²) in [5.74, 6) is 2.88. The van der Waals surface area contributed by atoms with Crippen LogP contribution in [0, 0.1) is 0 Å². The molecule has 3 rings (SSSR count). The van der Waals surface area contributed by atoms with Crippen LogP contribution >= 0.6 is 0 Å². The number of aromatic nitrogens is 6. The second-order valence-electron chi connectivity index (χ2n) is 4.53. The van der Waals surface area contributed by atoms with Crippen molar-refractivity contribution < 1.29 is 0 Å². The molecule has 3 N–H and O–H groups in total. The molecule has 0 spiro atoms. The minimum absolute atomic E-state index is 0.781. The average Bonchev–Trinajstić information content (AvgIpc) is 3.20. The fourth-order valence-electron chi connectivity index (χ4n) is 2.08. The third-order valence-corrected chi connectivity index (χ3v) is 3.04. The molecule has 0 aromatic carbocycles. The second kappa shape index (κ2) is 6.01. The monoisotopic (exact) mass is 268 g/mol. The normalized spacial score (nSPS) is 10.6. The van der Waals surface area contributed by atoms with Crippen LogP contribution in [-0.2, 0) is 19.3 Å². The van der Waals surface area contributed by atoms with Gasteiger partial charge in [-0.15, -0.1) is 0 Å². The predicted octanol–water partition coefficient (Wildman–Crippen LogP) is 1.81. The molecule has 0 saturated heterocycles. The summed E-state index contributed by atoms with van der Waals surface area (Å²) >= 11 is 0. The lowest BCUT2D eigenvalue weighted by molar-refractivity contribution is 0.898. The molecule has 0 aliphatic heterocycles. The van der Waals surface area contributed by atoms with Gasteiger partial charge in [0, 0.05) is 56.4 Å². The number of nitrogens with one attached hydrogen (secondary N) is 3. The van der Waals surface area contributed by atoms with Crippen molar-refractivity contribution in [1.29, 1.82) is 0 Å². The van der Waals surface area contributed by atoms with E-state index in [1.165, 1.54) is 5.57 Å². The molecule has 3 heterocycles. The Bertz CT molecular complexity index is 596. The van der Waals surface area contributed by atoms with Crippen molar-refractivity contribution in [3.05, 3.63) is 66.3 Å². The molecule has 102 valence electrons. The summed E-state index contributed by atoms with van der Waals surface area (Å²) in [6, 6.07) is 0. The molecule has 3 aromatic heterocycles. The number of aromatic amines is 3. The minimum Gasteiger partial charge on any atom is -0.348 e. The van der Waals surface area contributed by atoms with E-state index in [0.29, 0.717) is 0 Å². The predicted molar refractivity (Wildman–Crippen MR) is 75.0 cm³/mol. The maximum absolute atomic E-state index is 4.28. The van der Waals surface area contributed by atoms with Crippen molar-refractivity contribution in [3.63, 3.8) is 0 Å². The summed E-state index contributed by atoms with van der Waals surface area (Å²) < 4.78 is 0. The number of imidazole rings is 3. The molecule has 0 atom stereocenters. The molecular weight excluding hydrogens is 252 g/mol. The third kappa shape index (κ3) is 3.23.